The number of likely N-dealkylation sites (N-methyl/N-ethyl adjacent to an activating group) is 1. The molecule has 0 aliphatic carbocycles. The number of rotatable bonds is 6. The number of hydrogen-bond donors (Lipinski definition) is 1. The van der Waals surface area contributed by atoms with Crippen LogP contribution in [0.3, 0.4) is 0 Å². The Hall–Kier alpha value is -1.41. The summed E-state index contributed by atoms with van der Waals surface area (Å²) in [6.07, 6.45) is 5.36. The van der Waals surface area contributed by atoms with Gasteiger partial charge in [0.15, 0.2) is 0 Å². The van der Waals surface area contributed by atoms with E-state index in [1.165, 1.54) is 29.3 Å². The molecule has 1 heterocycles. The van der Waals surface area contributed by atoms with Crippen molar-refractivity contribution in [3.05, 3.63) is 42.2 Å². The minimum Gasteiger partial charge on any atom is -0.314 e. The zero-order chi connectivity index (χ0) is 12.8. The Morgan fingerprint density at radius 1 is 1.17 bits per heavy atom. The van der Waals surface area contributed by atoms with Crippen molar-refractivity contribution in [2.45, 2.75) is 39.2 Å². The van der Waals surface area contributed by atoms with E-state index in [-0.39, 0.29) is 0 Å². The number of nitrogens with one attached hydrogen (secondary N) is 1. The molecule has 1 atom stereocenters. The average molecular weight is 242 g/mol. The molecule has 0 spiro atoms. The molecule has 1 aromatic carbocycles. The Kier molecular flexibility index (Phi) is 4.71. The van der Waals surface area contributed by atoms with E-state index >= 15 is 0 Å². The van der Waals surface area contributed by atoms with Gasteiger partial charge in [0.05, 0.1) is 0 Å². The molecule has 1 aromatic heterocycles. The Morgan fingerprint density at radius 3 is 2.78 bits per heavy atom. The molecule has 0 saturated carbocycles. The molecule has 0 saturated heterocycles. The number of pyridine rings is 1. The lowest BCUT2D eigenvalue weighted by Crippen LogP contribution is -2.31. The summed E-state index contributed by atoms with van der Waals surface area (Å²) in [6, 6.07) is 11.1. The van der Waals surface area contributed by atoms with Crippen LogP contribution in [0.15, 0.2) is 36.5 Å². The van der Waals surface area contributed by atoms with Crippen LogP contribution in [0, 0.1) is 0 Å². The number of hydrogen-bond acceptors (Lipinski definition) is 2. The average Bonchev–Trinajstić information content (AvgIpc) is 2.40. The van der Waals surface area contributed by atoms with Crippen molar-refractivity contribution < 1.29 is 0 Å². The molecule has 18 heavy (non-hydrogen) atoms. The van der Waals surface area contributed by atoms with Crippen molar-refractivity contribution in [1.82, 2.24) is 10.3 Å². The number of nitrogens with zero attached hydrogens (tertiary/aromatic N) is 1. The number of fused-ring (bicyclic) bond motifs is 1. The maximum Gasteiger partial charge on any atom is 0.0497 e. The molecular formula is C16H22N2. The monoisotopic (exact) mass is 242 g/mol. The second-order valence-electron chi connectivity index (χ2n) is 4.73. The van der Waals surface area contributed by atoms with Crippen LogP contribution in [0.4, 0.5) is 0 Å². The van der Waals surface area contributed by atoms with Gasteiger partial charge in [-0.05, 0) is 24.4 Å². The summed E-state index contributed by atoms with van der Waals surface area (Å²) in [5, 5.41) is 6.13. The van der Waals surface area contributed by atoms with Crippen molar-refractivity contribution >= 4 is 10.8 Å². The van der Waals surface area contributed by atoms with E-state index < -0.39 is 0 Å². The standard InChI is InChI=1S/C16H22N2/c1-3-7-14(17-4-2)12-16-15-9-6-5-8-13(15)10-11-18-16/h5-6,8-11,14,17H,3-4,7,12H2,1-2H3. The lowest BCUT2D eigenvalue weighted by Gasteiger charge is -2.17. The predicted octanol–water partition coefficient (Wildman–Crippen LogP) is 3.56. The summed E-state index contributed by atoms with van der Waals surface area (Å²) in [5.74, 6) is 0. The number of aromatic nitrogens is 1. The largest absolute Gasteiger partial charge is 0.314 e. The highest BCUT2D eigenvalue weighted by Gasteiger charge is 2.10. The molecule has 1 N–H and O–H groups in total. The van der Waals surface area contributed by atoms with E-state index in [9.17, 15) is 0 Å². The fourth-order valence-corrected chi connectivity index (χ4v) is 2.49. The van der Waals surface area contributed by atoms with Crippen LogP contribution in [0.5, 0.6) is 0 Å². The van der Waals surface area contributed by atoms with E-state index in [0.29, 0.717) is 6.04 Å². The predicted molar refractivity (Wildman–Crippen MR) is 77.8 cm³/mol. The van der Waals surface area contributed by atoms with Gasteiger partial charge in [-0.25, -0.2) is 0 Å². The van der Waals surface area contributed by atoms with Gasteiger partial charge in [-0.2, -0.15) is 0 Å². The molecule has 0 bridgehead atoms. The van der Waals surface area contributed by atoms with Crippen molar-refractivity contribution in [2.24, 2.45) is 0 Å². The first-order valence-electron chi connectivity index (χ1n) is 6.91. The van der Waals surface area contributed by atoms with Gasteiger partial charge in [0.2, 0.25) is 0 Å². The zero-order valence-electron chi connectivity index (χ0n) is 11.3. The molecule has 2 aromatic rings. The Labute approximate surface area is 109 Å². The van der Waals surface area contributed by atoms with Crippen LogP contribution in [0.2, 0.25) is 0 Å². The van der Waals surface area contributed by atoms with Gasteiger partial charge in [0.25, 0.3) is 0 Å². The molecule has 0 amide bonds. The lowest BCUT2D eigenvalue weighted by molar-refractivity contribution is 0.483. The zero-order valence-corrected chi connectivity index (χ0v) is 11.3. The van der Waals surface area contributed by atoms with Crippen molar-refractivity contribution in [2.75, 3.05) is 6.54 Å². The van der Waals surface area contributed by atoms with E-state index in [1.807, 2.05) is 6.20 Å². The quantitative estimate of drug-likeness (QED) is 0.838. The highest BCUT2D eigenvalue weighted by Crippen LogP contribution is 2.18. The normalized spacial score (nSPS) is 12.8. The van der Waals surface area contributed by atoms with Crippen LogP contribution in [-0.4, -0.2) is 17.6 Å². The maximum atomic E-state index is 4.57. The van der Waals surface area contributed by atoms with Gasteiger partial charge < -0.3 is 5.32 Å². The SMILES string of the molecule is CCCC(Cc1nccc2ccccc12)NCC. The highest BCUT2D eigenvalue weighted by molar-refractivity contribution is 5.84. The van der Waals surface area contributed by atoms with Crippen LogP contribution in [0.1, 0.15) is 32.4 Å². The van der Waals surface area contributed by atoms with E-state index in [4.69, 9.17) is 0 Å². The summed E-state index contributed by atoms with van der Waals surface area (Å²) >= 11 is 0. The second kappa shape index (κ2) is 6.50. The van der Waals surface area contributed by atoms with Gasteiger partial charge >= 0.3 is 0 Å². The third kappa shape index (κ3) is 3.08. The van der Waals surface area contributed by atoms with Crippen LogP contribution in [-0.2, 0) is 6.42 Å². The van der Waals surface area contributed by atoms with E-state index in [1.54, 1.807) is 0 Å². The van der Waals surface area contributed by atoms with Gasteiger partial charge in [-0.1, -0.05) is 44.5 Å². The smallest absolute Gasteiger partial charge is 0.0497 e. The fraction of sp³-hybridized carbons (Fsp3) is 0.438. The molecule has 0 aliphatic rings. The second-order valence-corrected chi connectivity index (χ2v) is 4.73. The van der Waals surface area contributed by atoms with Gasteiger partial charge in [-0.3, -0.25) is 4.98 Å². The fourth-order valence-electron chi connectivity index (χ4n) is 2.49. The third-order valence-electron chi connectivity index (χ3n) is 3.33. The Bertz CT molecular complexity index is 482. The topological polar surface area (TPSA) is 24.9 Å². The molecule has 0 fully saturated rings. The lowest BCUT2D eigenvalue weighted by atomic mass is 10.0. The molecule has 2 rings (SSSR count). The van der Waals surface area contributed by atoms with Gasteiger partial charge in [0, 0.05) is 29.7 Å². The van der Waals surface area contributed by atoms with Crippen LogP contribution in [0.25, 0.3) is 10.8 Å². The minimum atomic E-state index is 0.540. The molecular weight excluding hydrogens is 220 g/mol. The maximum absolute atomic E-state index is 4.57. The molecule has 1 unspecified atom stereocenters. The Balaban J connectivity index is 2.24. The molecule has 96 valence electrons. The summed E-state index contributed by atoms with van der Waals surface area (Å²) < 4.78 is 0. The number of benzene rings is 1. The minimum absolute atomic E-state index is 0.540. The summed E-state index contributed by atoms with van der Waals surface area (Å²) in [7, 11) is 0. The summed E-state index contributed by atoms with van der Waals surface area (Å²) in [6.45, 7) is 5.43. The molecule has 0 aliphatic heterocycles. The Morgan fingerprint density at radius 2 is 2.00 bits per heavy atom. The summed E-state index contributed by atoms with van der Waals surface area (Å²) in [4.78, 5) is 4.57. The van der Waals surface area contributed by atoms with Crippen molar-refractivity contribution in [1.29, 1.82) is 0 Å². The van der Waals surface area contributed by atoms with Crippen molar-refractivity contribution in [3.63, 3.8) is 0 Å². The van der Waals surface area contributed by atoms with E-state index in [2.05, 4.69) is 54.5 Å². The molecule has 0 radical (unpaired) electrons. The first kappa shape index (κ1) is 13.0. The molecule has 2 nitrogen and oxygen atoms in total. The third-order valence-corrected chi connectivity index (χ3v) is 3.33. The highest BCUT2D eigenvalue weighted by atomic mass is 14.9. The first-order chi connectivity index (χ1) is 8.85. The molecule has 2 heteroatoms. The van der Waals surface area contributed by atoms with Gasteiger partial charge in [-0.15, -0.1) is 0 Å². The van der Waals surface area contributed by atoms with Crippen LogP contribution < -0.4 is 5.32 Å². The van der Waals surface area contributed by atoms with Gasteiger partial charge in [0.1, 0.15) is 0 Å². The van der Waals surface area contributed by atoms with Crippen molar-refractivity contribution in [3.8, 4) is 0 Å². The first-order valence-corrected chi connectivity index (χ1v) is 6.91. The van der Waals surface area contributed by atoms with E-state index in [0.717, 1.165) is 13.0 Å². The summed E-state index contributed by atoms with van der Waals surface area (Å²) in [5.41, 5.74) is 1.22. The van der Waals surface area contributed by atoms with Crippen LogP contribution >= 0.6 is 0 Å².